The molecular weight excluding hydrogens is 267 g/mol. The largest absolute Gasteiger partial charge is 0.471 e. The quantitative estimate of drug-likeness (QED) is 0.750. The van der Waals surface area contributed by atoms with Crippen molar-refractivity contribution in [2.75, 3.05) is 13.7 Å². The van der Waals surface area contributed by atoms with Gasteiger partial charge in [0.2, 0.25) is 0 Å². The van der Waals surface area contributed by atoms with Crippen LogP contribution in [0.3, 0.4) is 0 Å². The Morgan fingerprint density at radius 2 is 1.89 bits per heavy atom. The Bertz CT molecular complexity index is 348. The molecule has 1 aliphatic carbocycles. The minimum atomic E-state index is -4.96. The Morgan fingerprint density at radius 3 is 2.32 bits per heavy atom. The molecule has 1 fully saturated rings. The van der Waals surface area contributed by atoms with Gasteiger partial charge in [0, 0.05) is 6.54 Å². The zero-order chi connectivity index (χ0) is 14.7. The summed E-state index contributed by atoms with van der Waals surface area (Å²) in [7, 11) is 1.26. The van der Waals surface area contributed by atoms with Crippen molar-refractivity contribution in [1.82, 2.24) is 5.32 Å². The lowest BCUT2D eigenvalue weighted by molar-refractivity contribution is -0.175. The normalized spacial score (nSPS) is 27.7. The fourth-order valence-corrected chi connectivity index (χ4v) is 2.08. The summed E-state index contributed by atoms with van der Waals surface area (Å²) in [6, 6.07) is 0. The molecule has 1 rings (SSSR count). The van der Waals surface area contributed by atoms with Crippen LogP contribution in [0, 0.1) is 5.92 Å². The molecule has 8 heteroatoms. The summed E-state index contributed by atoms with van der Waals surface area (Å²) < 4.78 is 40.5. The lowest BCUT2D eigenvalue weighted by Gasteiger charge is -2.35. The maximum atomic E-state index is 12.0. The highest BCUT2D eigenvalue weighted by Gasteiger charge is 2.41. The van der Waals surface area contributed by atoms with Gasteiger partial charge in [0.25, 0.3) is 0 Å². The molecule has 0 unspecified atom stereocenters. The average Bonchev–Trinajstić information content (AvgIpc) is 2.35. The van der Waals surface area contributed by atoms with Crippen molar-refractivity contribution in [3.8, 4) is 0 Å². The van der Waals surface area contributed by atoms with Crippen molar-refractivity contribution >= 4 is 11.9 Å². The molecule has 0 aromatic heterocycles. The monoisotopic (exact) mass is 283 g/mol. The second-order valence-electron chi connectivity index (χ2n) is 4.70. The number of methoxy groups -OCH3 is 1. The van der Waals surface area contributed by atoms with Gasteiger partial charge in [-0.25, -0.2) is 0 Å². The summed E-state index contributed by atoms with van der Waals surface area (Å²) in [6.07, 6.45) is -4.02. The molecule has 1 amide bonds. The highest BCUT2D eigenvalue weighted by Crippen LogP contribution is 2.32. The minimum Gasteiger partial charge on any atom is -0.469 e. The van der Waals surface area contributed by atoms with Gasteiger partial charge in [-0.2, -0.15) is 13.2 Å². The van der Waals surface area contributed by atoms with Crippen molar-refractivity contribution in [3.05, 3.63) is 0 Å². The number of rotatable bonds is 3. The predicted molar refractivity (Wildman–Crippen MR) is 58.0 cm³/mol. The number of aliphatic hydroxyl groups is 1. The Balaban J connectivity index is 2.44. The topological polar surface area (TPSA) is 75.6 Å². The van der Waals surface area contributed by atoms with Crippen molar-refractivity contribution in [1.29, 1.82) is 0 Å². The van der Waals surface area contributed by atoms with Crippen molar-refractivity contribution < 1.29 is 32.6 Å². The van der Waals surface area contributed by atoms with Crippen LogP contribution in [-0.4, -0.2) is 42.4 Å². The SMILES string of the molecule is COC(=O)C1CCC(O)(CNC(=O)C(F)(F)F)CC1. The van der Waals surface area contributed by atoms with Gasteiger partial charge in [-0.3, -0.25) is 9.59 Å². The Hall–Kier alpha value is -1.31. The van der Waals surface area contributed by atoms with Gasteiger partial charge in [0.05, 0.1) is 18.6 Å². The first kappa shape index (κ1) is 15.7. The van der Waals surface area contributed by atoms with Gasteiger partial charge in [0.15, 0.2) is 0 Å². The average molecular weight is 283 g/mol. The number of hydrogen-bond donors (Lipinski definition) is 2. The van der Waals surface area contributed by atoms with E-state index in [0.717, 1.165) is 0 Å². The fourth-order valence-electron chi connectivity index (χ4n) is 2.08. The second-order valence-corrected chi connectivity index (χ2v) is 4.70. The summed E-state index contributed by atoms with van der Waals surface area (Å²) in [5.74, 6) is -2.80. The number of esters is 1. The van der Waals surface area contributed by atoms with Crippen LogP contribution in [0.25, 0.3) is 0 Å². The number of ether oxygens (including phenoxy) is 1. The van der Waals surface area contributed by atoms with E-state index in [0.29, 0.717) is 12.8 Å². The van der Waals surface area contributed by atoms with Crippen LogP contribution in [0.4, 0.5) is 13.2 Å². The molecular formula is C11H16F3NO4. The van der Waals surface area contributed by atoms with E-state index < -0.39 is 24.2 Å². The number of halogens is 3. The lowest BCUT2D eigenvalue weighted by Crippen LogP contribution is -2.49. The zero-order valence-electron chi connectivity index (χ0n) is 10.4. The molecule has 0 bridgehead atoms. The summed E-state index contributed by atoms with van der Waals surface area (Å²) in [4.78, 5) is 21.9. The molecule has 0 aliphatic heterocycles. The van der Waals surface area contributed by atoms with Gasteiger partial charge in [-0.1, -0.05) is 0 Å². The Kier molecular flexibility index (Phi) is 4.78. The summed E-state index contributed by atoms with van der Waals surface area (Å²) in [6.45, 7) is -0.473. The molecule has 2 N–H and O–H groups in total. The zero-order valence-corrected chi connectivity index (χ0v) is 10.4. The maximum Gasteiger partial charge on any atom is 0.471 e. The second kappa shape index (κ2) is 5.77. The van der Waals surface area contributed by atoms with Crippen molar-refractivity contribution in [2.45, 2.75) is 37.5 Å². The molecule has 0 radical (unpaired) electrons. The third-order valence-electron chi connectivity index (χ3n) is 3.29. The summed E-state index contributed by atoms with van der Waals surface area (Å²) >= 11 is 0. The number of amides is 1. The first-order valence-corrected chi connectivity index (χ1v) is 5.83. The smallest absolute Gasteiger partial charge is 0.469 e. The van der Waals surface area contributed by atoms with Crippen LogP contribution in [0.5, 0.6) is 0 Å². The number of hydrogen-bond acceptors (Lipinski definition) is 4. The highest BCUT2D eigenvalue weighted by molar-refractivity contribution is 5.81. The first-order chi connectivity index (χ1) is 8.68. The van der Waals surface area contributed by atoms with Crippen LogP contribution in [0.15, 0.2) is 0 Å². The van der Waals surface area contributed by atoms with Crippen LogP contribution in [-0.2, 0) is 14.3 Å². The number of carbonyl (C=O) groups is 2. The molecule has 110 valence electrons. The summed E-state index contributed by atoms with van der Waals surface area (Å²) in [5, 5.41) is 11.7. The number of nitrogens with one attached hydrogen (secondary N) is 1. The standard InChI is InChI=1S/C11H16F3NO4/c1-19-8(16)7-2-4-10(18,5-3-7)6-15-9(17)11(12,13)14/h7,18H,2-6H2,1H3,(H,15,17). The van der Waals surface area contributed by atoms with Gasteiger partial charge in [0.1, 0.15) is 0 Å². The molecule has 5 nitrogen and oxygen atoms in total. The lowest BCUT2D eigenvalue weighted by atomic mass is 9.79. The number of alkyl halides is 3. The molecule has 0 spiro atoms. The van der Waals surface area contributed by atoms with Gasteiger partial charge >= 0.3 is 18.1 Å². The molecule has 0 atom stereocenters. The molecule has 0 aromatic rings. The van der Waals surface area contributed by atoms with Crippen LogP contribution in [0.1, 0.15) is 25.7 Å². The van der Waals surface area contributed by atoms with Crippen molar-refractivity contribution in [3.63, 3.8) is 0 Å². The van der Waals surface area contributed by atoms with Crippen molar-refractivity contribution in [2.24, 2.45) is 5.92 Å². The maximum absolute atomic E-state index is 12.0. The molecule has 1 aliphatic rings. The Labute approximate surface area is 108 Å². The van der Waals surface area contributed by atoms with Gasteiger partial charge in [-0.05, 0) is 25.7 Å². The van der Waals surface area contributed by atoms with E-state index in [4.69, 9.17) is 0 Å². The van der Waals surface area contributed by atoms with E-state index in [1.807, 2.05) is 0 Å². The van der Waals surface area contributed by atoms with E-state index in [2.05, 4.69) is 4.74 Å². The highest BCUT2D eigenvalue weighted by atomic mass is 19.4. The van der Waals surface area contributed by atoms with E-state index in [1.165, 1.54) is 7.11 Å². The van der Waals surface area contributed by atoms with E-state index in [9.17, 15) is 27.9 Å². The molecule has 1 saturated carbocycles. The number of carbonyl (C=O) groups excluding carboxylic acids is 2. The first-order valence-electron chi connectivity index (χ1n) is 5.83. The van der Waals surface area contributed by atoms with E-state index in [1.54, 1.807) is 5.32 Å². The van der Waals surface area contributed by atoms with E-state index >= 15 is 0 Å². The van der Waals surface area contributed by atoms with Gasteiger partial charge < -0.3 is 15.2 Å². The molecule has 19 heavy (non-hydrogen) atoms. The molecule has 0 aromatic carbocycles. The van der Waals surface area contributed by atoms with Crippen LogP contribution < -0.4 is 5.32 Å². The third-order valence-corrected chi connectivity index (χ3v) is 3.29. The Morgan fingerprint density at radius 1 is 1.37 bits per heavy atom. The molecule has 0 heterocycles. The van der Waals surface area contributed by atoms with Gasteiger partial charge in [-0.15, -0.1) is 0 Å². The minimum absolute atomic E-state index is 0.144. The van der Waals surface area contributed by atoms with Crippen LogP contribution >= 0.6 is 0 Å². The summed E-state index contributed by atoms with van der Waals surface area (Å²) in [5.41, 5.74) is -1.40. The van der Waals surface area contributed by atoms with E-state index in [-0.39, 0.29) is 24.7 Å². The fraction of sp³-hybridized carbons (Fsp3) is 0.818. The third kappa shape index (κ3) is 4.38. The molecule has 0 saturated heterocycles. The predicted octanol–water partition coefficient (Wildman–Crippen LogP) is 0.759. The van der Waals surface area contributed by atoms with Crippen LogP contribution in [0.2, 0.25) is 0 Å².